The molecule has 1 aliphatic heterocycles. The van der Waals surface area contributed by atoms with Crippen LogP contribution in [-0.2, 0) is 0 Å². The van der Waals surface area contributed by atoms with Crippen molar-refractivity contribution in [3.8, 4) is 0 Å². The van der Waals surface area contributed by atoms with Gasteiger partial charge in [0.15, 0.2) is 11.6 Å². The Morgan fingerprint density at radius 1 is 1.48 bits per heavy atom. The Bertz CT molecular complexity index is 1060. The fourth-order valence-electron chi connectivity index (χ4n) is 3.69. The predicted molar refractivity (Wildman–Crippen MR) is 139 cm³/mol. The van der Waals surface area contributed by atoms with Crippen molar-refractivity contribution in [3.05, 3.63) is 40.7 Å². The molecule has 11 heteroatoms. The third kappa shape index (κ3) is 6.95. The van der Waals surface area contributed by atoms with Crippen molar-refractivity contribution in [2.75, 3.05) is 24.1 Å². The van der Waals surface area contributed by atoms with Gasteiger partial charge in [-0.3, -0.25) is 0 Å². The van der Waals surface area contributed by atoms with Crippen LogP contribution in [0.5, 0.6) is 0 Å². The standard InChI is InChI=1S/C22H30ClFIN7O/c1-22(2,3)31-21(33)32-6-4-5-13(12-32)9-27-20(17(24)8-25)30-18(26)16-11-29-19-15(16)7-14(23)10-28-19/h7,10-11,13,27H,4-6,8-9,12H2,1-3H3,(H2,26,30)(H,28,29)(H,31,33)/b20-17+/t13-/m1/s1. The van der Waals surface area contributed by atoms with Crippen molar-refractivity contribution < 1.29 is 9.18 Å². The summed E-state index contributed by atoms with van der Waals surface area (Å²) in [6, 6.07) is 1.67. The zero-order chi connectivity index (χ0) is 24.2. The Morgan fingerprint density at radius 2 is 2.24 bits per heavy atom. The molecule has 0 bridgehead atoms. The maximum atomic E-state index is 14.7. The molecule has 5 N–H and O–H groups in total. The number of hydrogen-bond donors (Lipinski definition) is 4. The van der Waals surface area contributed by atoms with E-state index in [4.69, 9.17) is 17.3 Å². The minimum absolute atomic E-state index is 0.0738. The predicted octanol–water partition coefficient (Wildman–Crippen LogP) is 4.30. The number of nitrogens with zero attached hydrogens (tertiary/aromatic N) is 3. The van der Waals surface area contributed by atoms with Gasteiger partial charge < -0.3 is 26.3 Å². The third-order valence-electron chi connectivity index (χ3n) is 5.23. The van der Waals surface area contributed by atoms with Gasteiger partial charge in [-0.05, 0) is 45.6 Å². The number of nitrogens with one attached hydrogen (secondary N) is 3. The monoisotopic (exact) mass is 589 g/mol. The summed E-state index contributed by atoms with van der Waals surface area (Å²) in [5.74, 6) is 0.0341. The van der Waals surface area contributed by atoms with Crippen LogP contribution < -0.4 is 16.4 Å². The number of amides is 2. The summed E-state index contributed by atoms with van der Waals surface area (Å²) >= 11 is 8.01. The molecule has 3 heterocycles. The first kappa shape index (κ1) is 25.5. The van der Waals surface area contributed by atoms with Crippen LogP contribution in [0.25, 0.3) is 11.0 Å². The van der Waals surface area contributed by atoms with Crippen molar-refractivity contribution in [2.24, 2.45) is 16.6 Å². The number of nitrogens with two attached hydrogens (primary N) is 1. The van der Waals surface area contributed by atoms with E-state index in [9.17, 15) is 9.18 Å². The highest BCUT2D eigenvalue weighted by Gasteiger charge is 2.26. The zero-order valence-electron chi connectivity index (χ0n) is 19.0. The zero-order valence-corrected chi connectivity index (χ0v) is 21.9. The summed E-state index contributed by atoms with van der Waals surface area (Å²) in [7, 11) is 0. The molecule has 2 aromatic heterocycles. The second-order valence-corrected chi connectivity index (χ2v) is 10.4. The topological polar surface area (TPSA) is 111 Å². The van der Waals surface area contributed by atoms with Crippen molar-refractivity contribution >= 4 is 57.1 Å². The van der Waals surface area contributed by atoms with Crippen LogP contribution in [0.3, 0.4) is 0 Å². The summed E-state index contributed by atoms with van der Waals surface area (Å²) in [5, 5.41) is 7.31. The van der Waals surface area contributed by atoms with E-state index in [1.54, 1.807) is 12.3 Å². The first-order valence-electron chi connectivity index (χ1n) is 10.8. The molecule has 33 heavy (non-hydrogen) atoms. The molecule has 1 saturated heterocycles. The van der Waals surface area contributed by atoms with Gasteiger partial charge in [0.1, 0.15) is 11.5 Å². The van der Waals surface area contributed by atoms with Gasteiger partial charge in [-0.15, -0.1) is 0 Å². The molecule has 0 aliphatic carbocycles. The molecule has 0 aromatic carbocycles. The number of alkyl halides is 1. The highest BCUT2D eigenvalue weighted by molar-refractivity contribution is 14.1. The van der Waals surface area contributed by atoms with Gasteiger partial charge >= 0.3 is 6.03 Å². The number of aliphatic imine (C=N–C) groups is 1. The summed E-state index contributed by atoms with van der Waals surface area (Å²) in [6.07, 6.45) is 5.05. The average Bonchev–Trinajstić information content (AvgIpc) is 3.18. The van der Waals surface area contributed by atoms with Crippen molar-refractivity contribution in [1.29, 1.82) is 0 Å². The number of fused-ring (bicyclic) bond motifs is 1. The van der Waals surface area contributed by atoms with Crippen molar-refractivity contribution in [1.82, 2.24) is 25.5 Å². The number of likely N-dealkylation sites (tertiary alicyclic amines) is 1. The van der Waals surface area contributed by atoms with Gasteiger partial charge in [0, 0.05) is 48.5 Å². The average molecular weight is 590 g/mol. The quantitative estimate of drug-likeness (QED) is 0.174. The van der Waals surface area contributed by atoms with Crippen LogP contribution in [-0.4, -0.2) is 56.3 Å². The molecule has 2 amide bonds. The second kappa shape index (κ2) is 10.9. The smallest absolute Gasteiger partial charge is 0.317 e. The molecule has 0 spiro atoms. The molecule has 3 rings (SSSR count). The number of aromatic amines is 1. The molecule has 1 aliphatic rings. The summed E-state index contributed by atoms with van der Waals surface area (Å²) in [4.78, 5) is 25.9. The summed E-state index contributed by atoms with van der Waals surface area (Å²) in [5.41, 5.74) is 7.16. The number of hydrogen-bond acceptors (Lipinski definition) is 4. The number of amidine groups is 1. The number of allylic oxidation sites excluding steroid dienone is 1. The van der Waals surface area contributed by atoms with E-state index in [2.05, 4.69) is 25.6 Å². The lowest BCUT2D eigenvalue weighted by Crippen LogP contribution is -2.52. The Kier molecular flexibility index (Phi) is 8.43. The van der Waals surface area contributed by atoms with Crippen molar-refractivity contribution in [3.63, 3.8) is 0 Å². The largest absolute Gasteiger partial charge is 0.383 e. The van der Waals surface area contributed by atoms with Gasteiger partial charge in [0.05, 0.1) is 9.45 Å². The molecular formula is C22H30ClFIN7O. The SMILES string of the molecule is CC(C)(C)NC(=O)N1CCC[C@H](CNC(/N=C(\N)c2c[nH]c3ncc(Cl)cc23)=C(\F)CI)C1. The van der Waals surface area contributed by atoms with E-state index in [1.165, 1.54) is 6.20 Å². The van der Waals surface area contributed by atoms with Crippen LogP contribution in [0.1, 0.15) is 39.2 Å². The molecule has 2 aromatic rings. The first-order chi connectivity index (χ1) is 15.6. The van der Waals surface area contributed by atoms with E-state index >= 15 is 0 Å². The minimum Gasteiger partial charge on any atom is -0.383 e. The molecular weight excluding hydrogens is 560 g/mol. The van der Waals surface area contributed by atoms with E-state index < -0.39 is 5.83 Å². The number of carbonyl (C=O) groups is 1. The molecule has 8 nitrogen and oxygen atoms in total. The number of carbonyl (C=O) groups excluding carboxylic acids is 1. The van der Waals surface area contributed by atoms with Gasteiger partial charge in [0.2, 0.25) is 0 Å². The van der Waals surface area contributed by atoms with Crippen LogP contribution in [0.2, 0.25) is 5.02 Å². The number of urea groups is 1. The highest BCUT2D eigenvalue weighted by Crippen LogP contribution is 2.22. The number of aromatic nitrogens is 2. The molecule has 1 fully saturated rings. The van der Waals surface area contributed by atoms with E-state index in [-0.39, 0.29) is 33.6 Å². The van der Waals surface area contributed by atoms with Crippen LogP contribution >= 0.6 is 34.2 Å². The third-order valence-corrected chi connectivity index (χ3v) is 6.10. The number of H-pyrrole nitrogens is 1. The van der Waals surface area contributed by atoms with E-state index in [0.717, 1.165) is 12.8 Å². The lowest BCUT2D eigenvalue weighted by Gasteiger charge is -2.35. The molecule has 0 radical (unpaired) electrons. The van der Waals surface area contributed by atoms with Gasteiger partial charge in [0.25, 0.3) is 0 Å². The van der Waals surface area contributed by atoms with Crippen LogP contribution in [0, 0.1) is 5.92 Å². The number of pyridine rings is 1. The number of rotatable bonds is 6. The number of piperidine rings is 1. The normalized spacial score (nSPS) is 18.3. The molecule has 0 saturated carbocycles. The minimum atomic E-state index is -0.396. The Morgan fingerprint density at radius 3 is 2.94 bits per heavy atom. The fourth-order valence-corrected chi connectivity index (χ4v) is 4.21. The van der Waals surface area contributed by atoms with Crippen molar-refractivity contribution in [2.45, 2.75) is 39.2 Å². The molecule has 180 valence electrons. The maximum absolute atomic E-state index is 14.7. The van der Waals surface area contributed by atoms with Gasteiger partial charge in [-0.1, -0.05) is 34.2 Å². The maximum Gasteiger partial charge on any atom is 0.317 e. The lowest BCUT2D eigenvalue weighted by atomic mass is 9.98. The molecule has 1 atom stereocenters. The van der Waals surface area contributed by atoms with E-state index in [1.807, 2.05) is 48.3 Å². The number of halogens is 3. The lowest BCUT2D eigenvalue weighted by molar-refractivity contribution is 0.158. The van der Waals surface area contributed by atoms with E-state index in [0.29, 0.717) is 41.3 Å². The fraction of sp³-hybridized carbons (Fsp3) is 0.500. The Balaban J connectivity index is 1.71. The molecule has 0 unspecified atom stereocenters. The van der Waals surface area contributed by atoms with Crippen LogP contribution in [0.4, 0.5) is 9.18 Å². The first-order valence-corrected chi connectivity index (χ1v) is 12.7. The Labute approximate surface area is 211 Å². The second-order valence-electron chi connectivity index (χ2n) is 9.15. The highest BCUT2D eigenvalue weighted by atomic mass is 127. The van der Waals surface area contributed by atoms with Gasteiger partial charge in [-0.2, -0.15) is 0 Å². The Hall–Kier alpha value is -2.08. The summed E-state index contributed by atoms with van der Waals surface area (Å²) < 4.78 is 14.8. The van der Waals surface area contributed by atoms with Gasteiger partial charge in [-0.25, -0.2) is 19.2 Å². The van der Waals surface area contributed by atoms with Crippen LogP contribution in [0.15, 0.2) is 35.1 Å². The summed E-state index contributed by atoms with van der Waals surface area (Å²) in [6.45, 7) is 7.66.